The van der Waals surface area contributed by atoms with E-state index < -0.39 is 0 Å². The summed E-state index contributed by atoms with van der Waals surface area (Å²) in [6.45, 7) is 4.62. The van der Waals surface area contributed by atoms with Crippen LogP contribution in [0.2, 0.25) is 0 Å². The molecule has 0 spiro atoms. The molecule has 2 amide bonds. The minimum absolute atomic E-state index is 0.0481. The zero-order chi connectivity index (χ0) is 9.68. The van der Waals surface area contributed by atoms with Crippen LogP contribution in [-0.2, 0) is 9.59 Å². The molecule has 0 radical (unpaired) electrons. The molecule has 1 aliphatic rings. The summed E-state index contributed by atoms with van der Waals surface area (Å²) in [7, 11) is 0. The van der Waals surface area contributed by atoms with Crippen molar-refractivity contribution in [2.45, 2.75) is 0 Å². The van der Waals surface area contributed by atoms with Gasteiger partial charge in [0.25, 0.3) is 0 Å². The number of hydrogen-bond acceptors (Lipinski definition) is 2. The molecule has 0 saturated heterocycles. The van der Waals surface area contributed by atoms with E-state index in [4.69, 9.17) is 0 Å². The average Bonchev–Trinajstić information content (AvgIpc) is 2.66. The molecule has 0 saturated carbocycles. The van der Waals surface area contributed by atoms with Gasteiger partial charge in [0.05, 0.1) is 6.54 Å². The highest BCUT2D eigenvalue weighted by Crippen LogP contribution is 1.97. The highest BCUT2D eigenvalue weighted by atomic mass is 16.2. The Morgan fingerprint density at radius 2 is 2.08 bits per heavy atom. The fourth-order valence-electron chi connectivity index (χ4n) is 1.03. The van der Waals surface area contributed by atoms with Gasteiger partial charge in [-0.3, -0.25) is 9.59 Å². The fraction of sp³-hybridized carbons (Fsp3) is 0.333. The topological polar surface area (TPSA) is 49.4 Å². The van der Waals surface area contributed by atoms with Crippen molar-refractivity contribution in [3.8, 4) is 0 Å². The van der Waals surface area contributed by atoms with E-state index in [2.05, 4.69) is 11.9 Å². The van der Waals surface area contributed by atoms with Gasteiger partial charge < -0.3 is 10.2 Å². The number of nitrogens with one attached hydrogen (secondary N) is 1. The Hall–Kier alpha value is -1.58. The maximum atomic E-state index is 11.3. The third kappa shape index (κ3) is 2.74. The van der Waals surface area contributed by atoms with E-state index in [1.54, 1.807) is 4.90 Å². The Kier molecular flexibility index (Phi) is 3.25. The molecular formula is C9H12N2O2. The van der Waals surface area contributed by atoms with E-state index >= 15 is 0 Å². The van der Waals surface area contributed by atoms with Gasteiger partial charge in [0.15, 0.2) is 0 Å². The molecule has 0 aromatic heterocycles. The Labute approximate surface area is 76.9 Å². The van der Waals surface area contributed by atoms with E-state index in [0.717, 1.165) is 6.08 Å². The third-order valence-electron chi connectivity index (χ3n) is 1.77. The van der Waals surface area contributed by atoms with E-state index in [9.17, 15) is 9.59 Å². The minimum Gasteiger partial charge on any atom is -0.343 e. The molecule has 0 bridgehead atoms. The molecular weight excluding hydrogens is 168 g/mol. The van der Waals surface area contributed by atoms with Crippen LogP contribution in [0.5, 0.6) is 0 Å². The lowest BCUT2D eigenvalue weighted by Gasteiger charge is -2.14. The highest BCUT2D eigenvalue weighted by molar-refractivity contribution is 5.90. The van der Waals surface area contributed by atoms with Gasteiger partial charge in [0.1, 0.15) is 0 Å². The van der Waals surface area contributed by atoms with Crippen molar-refractivity contribution in [2.75, 3.05) is 19.6 Å². The van der Waals surface area contributed by atoms with E-state index in [1.165, 1.54) is 0 Å². The summed E-state index contributed by atoms with van der Waals surface area (Å²) in [5.41, 5.74) is 0. The first kappa shape index (κ1) is 9.51. The van der Waals surface area contributed by atoms with Gasteiger partial charge in [-0.1, -0.05) is 18.7 Å². The fourth-order valence-corrected chi connectivity index (χ4v) is 1.03. The van der Waals surface area contributed by atoms with Crippen LogP contribution in [-0.4, -0.2) is 36.3 Å². The maximum Gasteiger partial charge on any atom is 0.243 e. The second-order valence-corrected chi connectivity index (χ2v) is 2.69. The molecule has 0 fully saturated rings. The smallest absolute Gasteiger partial charge is 0.243 e. The summed E-state index contributed by atoms with van der Waals surface area (Å²) in [6.07, 6.45) is 5.00. The predicted molar refractivity (Wildman–Crippen MR) is 48.9 cm³/mol. The average molecular weight is 180 g/mol. The molecule has 1 rings (SSSR count). The number of nitrogens with zero attached hydrogens (tertiary/aromatic N) is 1. The first-order valence-electron chi connectivity index (χ1n) is 4.07. The van der Waals surface area contributed by atoms with Crippen molar-refractivity contribution in [3.05, 3.63) is 24.8 Å². The quantitative estimate of drug-likeness (QED) is 0.478. The van der Waals surface area contributed by atoms with Gasteiger partial charge >= 0.3 is 0 Å². The standard InChI is InChI=1S/C9H12N2O2/c1-2-8(12)10-7-9(13)11-5-3-4-6-11/h2-4H,1,5-7H2,(H,10,12). The normalized spacial score (nSPS) is 14.3. The molecule has 0 unspecified atom stereocenters. The molecule has 1 aliphatic heterocycles. The summed E-state index contributed by atoms with van der Waals surface area (Å²) < 4.78 is 0. The van der Waals surface area contributed by atoms with Gasteiger partial charge in [0, 0.05) is 13.1 Å². The van der Waals surface area contributed by atoms with E-state index in [-0.39, 0.29) is 18.4 Å². The molecule has 13 heavy (non-hydrogen) atoms. The van der Waals surface area contributed by atoms with Crippen LogP contribution in [0.1, 0.15) is 0 Å². The number of rotatable bonds is 3. The van der Waals surface area contributed by atoms with Crippen molar-refractivity contribution in [1.29, 1.82) is 0 Å². The summed E-state index contributed by atoms with van der Waals surface area (Å²) >= 11 is 0. The van der Waals surface area contributed by atoms with Crippen LogP contribution in [0.25, 0.3) is 0 Å². The molecule has 1 N–H and O–H groups in total. The minimum atomic E-state index is -0.319. The van der Waals surface area contributed by atoms with Crippen LogP contribution < -0.4 is 5.32 Å². The summed E-state index contributed by atoms with van der Waals surface area (Å²) in [4.78, 5) is 23.7. The zero-order valence-electron chi connectivity index (χ0n) is 7.32. The lowest BCUT2D eigenvalue weighted by Crippen LogP contribution is -2.38. The number of amides is 2. The van der Waals surface area contributed by atoms with Gasteiger partial charge in [-0.05, 0) is 6.08 Å². The van der Waals surface area contributed by atoms with Gasteiger partial charge in [-0.2, -0.15) is 0 Å². The maximum absolute atomic E-state index is 11.3. The number of carbonyl (C=O) groups is 2. The predicted octanol–water partition coefficient (Wildman–Crippen LogP) is -0.313. The van der Waals surface area contributed by atoms with E-state index in [1.807, 2.05) is 12.2 Å². The Morgan fingerprint density at radius 1 is 1.46 bits per heavy atom. The lowest BCUT2D eigenvalue weighted by molar-refractivity contribution is -0.130. The molecule has 0 atom stereocenters. The lowest BCUT2D eigenvalue weighted by atomic mass is 10.4. The summed E-state index contributed by atoms with van der Waals surface area (Å²) in [6, 6.07) is 0. The van der Waals surface area contributed by atoms with E-state index in [0.29, 0.717) is 13.1 Å². The molecule has 0 aromatic rings. The van der Waals surface area contributed by atoms with Gasteiger partial charge in [-0.25, -0.2) is 0 Å². The second-order valence-electron chi connectivity index (χ2n) is 2.69. The largest absolute Gasteiger partial charge is 0.343 e. The second kappa shape index (κ2) is 4.45. The third-order valence-corrected chi connectivity index (χ3v) is 1.77. The van der Waals surface area contributed by atoms with Gasteiger partial charge in [-0.15, -0.1) is 0 Å². The number of hydrogen-bond donors (Lipinski definition) is 1. The van der Waals surface area contributed by atoms with Crippen molar-refractivity contribution in [2.24, 2.45) is 0 Å². The first-order valence-corrected chi connectivity index (χ1v) is 4.07. The molecule has 0 aromatic carbocycles. The molecule has 4 nitrogen and oxygen atoms in total. The van der Waals surface area contributed by atoms with Crippen LogP contribution in [0.4, 0.5) is 0 Å². The first-order chi connectivity index (χ1) is 6.24. The van der Waals surface area contributed by atoms with Crippen molar-refractivity contribution in [3.63, 3.8) is 0 Å². The van der Waals surface area contributed by atoms with Crippen LogP contribution in [0.3, 0.4) is 0 Å². The van der Waals surface area contributed by atoms with Crippen LogP contribution in [0.15, 0.2) is 24.8 Å². The Bertz CT molecular complexity index is 250. The highest BCUT2D eigenvalue weighted by Gasteiger charge is 2.13. The Balaban J connectivity index is 2.25. The molecule has 1 heterocycles. The summed E-state index contributed by atoms with van der Waals surface area (Å²) in [5.74, 6) is -0.388. The van der Waals surface area contributed by atoms with Crippen molar-refractivity contribution < 1.29 is 9.59 Å². The molecule has 4 heteroatoms. The van der Waals surface area contributed by atoms with Crippen LogP contribution in [0, 0.1) is 0 Å². The molecule has 0 aliphatic carbocycles. The van der Waals surface area contributed by atoms with Crippen LogP contribution >= 0.6 is 0 Å². The summed E-state index contributed by atoms with van der Waals surface area (Å²) in [5, 5.41) is 2.43. The Morgan fingerprint density at radius 3 is 2.62 bits per heavy atom. The zero-order valence-corrected chi connectivity index (χ0v) is 7.32. The SMILES string of the molecule is C=CC(=O)NCC(=O)N1CC=CC1. The molecule has 70 valence electrons. The van der Waals surface area contributed by atoms with Gasteiger partial charge in [0.2, 0.25) is 11.8 Å². The van der Waals surface area contributed by atoms with Crippen molar-refractivity contribution in [1.82, 2.24) is 10.2 Å². The monoisotopic (exact) mass is 180 g/mol. The van der Waals surface area contributed by atoms with Crippen molar-refractivity contribution >= 4 is 11.8 Å². The number of carbonyl (C=O) groups excluding carboxylic acids is 2.